The van der Waals surface area contributed by atoms with E-state index in [4.69, 9.17) is 15.1 Å². The fourth-order valence-corrected chi connectivity index (χ4v) is 5.55. The summed E-state index contributed by atoms with van der Waals surface area (Å²) in [6.07, 6.45) is 0. The van der Waals surface area contributed by atoms with Crippen molar-refractivity contribution in [3.63, 3.8) is 0 Å². The van der Waals surface area contributed by atoms with Crippen LogP contribution in [0.4, 0.5) is 0 Å². The molecule has 0 rings (SSSR count). The van der Waals surface area contributed by atoms with Gasteiger partial charge >= 0.3 is 0 Å². The van der Waals surface area contributed by atoms with Gasteiger partial charge in [0, 0.05) is 31.1 Å². The summed E-state index contributed by atoms with van der Waals surface area (Å²) < 4.78 is 0. The Balaban J connectivity index is 0. The second kappa shape index (κ2) is 11.8. The molecule has 0 aliphatic rings. The third-order valence-corrected chi connectivity index (χ3v) is 21.5. The molecule has 0 N–H and O–H groups in total. The van der Waals surface area contributed by atoms with E-state index >= 15 is 0 Å². The van der Waals surface area contributed by atoms with Crippen molar-refractivity contribution in [2.75, 3.05) is 26.2 Å². The molecule has 30 heavy (non-hydrogen) atoms. The molecule has 0 atom stereocenters. The maximum atomic E-state index is 5.33. The second-order valence-electron chi connectivity index (χ2n) is 13.2. The molecule has 0 amide bonds. The van der Waals surface area contributed by atoms with Gasteiger partial charge in [0.2, 0.25) is 0 Å². The van der Waals surface area contributed by atoms with Crippen molar-refractivity contribution in [1.82, 2.24) is 5.01 Å². The van der Waals surface area contributed by atoms with E-state index in [2.05, 4.69) is 107 Å². The molecule has 0 radical (unpaired) electrons. The molecule has 0 bridgehead atoms. The zero-order chi connectivity index (χ0) is 23.5. The summed E-state index contributed by atoms with van der Waals surface area (Å²) >= 11 is 0. The molecule has 0 heterocycles. The van der Waals surface area contributed by atoms with Gasteiger partial charge in [0.1, 0.15) is 0 Å². The van der Waals surface area contributed by atoms with Crippen molar-refractivity contribution in [2.45, 2.75) is 117 Å². The average Bonchev–Trinajstić information content (AvgIpc) is 2.42. The zero-order valence-corrected chi connectivity index (χ0v) is 30.3. The molecule has 0 aromatic rings. The molecule has 0 saturated heterocycles. The summed E-state index contributed by atoms with van der Waals surface area (Å²) in [6, 6.07) is 0. The first-order valence-electron chi connectivity index (χ1n) is 11.4. The van der Waals surface area contributed by atoms with Gasteiger partial charge in [-0.25, -0.2) is 0 Å². The number of nitrogens with zero attached hydrogens (tertiary/aromatic N) is 4. The fourth-order valence-electron chi connectivity index (χ4n) is 2.08. The van der Waals surface area contributed by atoms with Gasteiger partial charge in [-0.1, -0.05) is 133 Å². The van der Waals surface area contributed by atoms with Crippen LogP contribution in [0.2, 0.25) is 54.4 Å². The molecule has 0 unspecified atom stereocenters. The minimum atomic E-state index is -1.74. The molecular weight excluding hydrogens is 643 g/mol. The number of hydrogen-bond donors (Lipinski definition) is 0. The molecule has 180 valence electrons. The molecular formula is C22H53N4Si3U-3. The molecule has 0 aliphatic carbocycles. The maximum Gasteiger partial charge on any atom is 0 e. The molecule has 0 spiro atoms. The summed E-state index contributed by atoms with van der Waals surface area (Å²) in [6.45, 7) is 38.9. The Morgan fingerprint density at radius 1 is 0.533 bits per heavy atom. The Morgan fingerprint density at radius 3 is 1.03 bits per heavy atom. The van der Waals surface area contributed by atoms with Crippen LogP contribution >= 0.6 is 0 Å². The Kier molecular flexibility index (Phi) is 13.3. The predicted molar refractivity (Wildman–Crippen MR) is 143 cm³/mol. The zero-order valence-electron chi connectivity index (χ0n) is 23.1. The fraction of sp³-hybridized carbons (Fsp3) is 1.00. The van der Waals surface area contributed by atoms with E-state index in [0.29, 0.717) is 10.1 Å². The van der Waals surface area contributed by atoms with Crippen molar-refractivity contribution in [2.24, 2.45) is 0 Å². The summed E-state index contributed by atoms with van der Waals surface area (Å²) in [5, 5.41) is 8.49. The van der Waals surface area contributed by atoms with Crippen molar-refractivity contribution in [1.29, 1.82) is 0 Å². The van der Waals surface area contributed by atoms with Gasteiger partial charge in [-0.2, -0.15) is 0 Å². The van der Waals surface area contributed by atoms with Crippen LogP contribution in [0, 0.1) is 31.1 Å². The molecule has 4 nitrogen and oxygen atoms in total. The number of hydrogen-bond acceptors (Lipinski definition) is 1. The first-order valence-corrected chi connectivity index (χ1v) is 20.2. The predicted octanol–water partition coefficient (Wildman–Crippen LogP) is 8.34. The van der Waals surface area contributed by atoms with Gasteiger partial charge in [-0.3, -0.25) is 0 Å². The van der Waals surface area contributed by atoms with Gasteiger partial charge in [0.05, 0.1) is 0 Å². The van der Waals surface area contributed by atoms with Gasteiger partial charge in [-0.05, 0) is 21.3 Å². The Labute approximate surface area is 217 Å². The van der Waals surface area contributed by atoms with E-state index in [9.17, 15) is 0 Å². The third kappa shape index (κ3) is 10.6. The van der Waals surface area contributed by atoms with Crippen molar-refractivity contribution >= 4 is 24.7 Å². The molecule has 0 aliphatic heterocycles. The minimum absolute atomic E-state index is 0. The number of rotatable bonds is 10. The molecule has 0 aromatic carbocycles. The smallest absolute Gasteiger partial charge is 0 e. The van der Waals surface area contributed by atoms with Crippen LogP contribution < -0.4 is 0 Å². The molecule has 8 heteroatoms. The van der Waals surface area contributed by atoms with Crippen LogP contribution in [0.5, 0.6) is 0 Å². The van der Waals surface area contributed by atoms with Crippen molar-refractivity contribution < 1.29 is 31.1 Å². The summed E-state index contributed by atoms with van der Waals surface area (Å²) in [7, 11) is -4.95. The monoisotopic (exact) mass is 695 g/mol. The quantitative estimate of drug-likeness (QED) is 0.168. The first kappa shape index (κ1) is 33.7. The minimum Gasteiger partial charge on any atom is -0.663 e. The van der Waals surface area contributed by atoms with Crippen LogP contribution in [-0.2, 0) is 0 Å². The Bertz CT molecular complexity index is 472. The van der Waals surface area contributed by atoms with Crippen LogP contribution in [0.25, 0.3) is 15.1 Å². The second-order valence-corrected chi connectivity index (χ2v) is 27.9. The van der Waals surface area contributed by atoms with E-state index < -0.39 is 24.7 Å². The SMILES string of the molecule is CC(C)(C)[Si](C)(C)[N-]CCN(CC[N-][Si](C)(C)C(C)(C)C)[N-][Si](C)(C)C(C)(C)C.[U]. The van der Waals surface area contributed by atoms with E-state index in [1.807, 2.05) is 0 Å². The average molecular weight is 696 g/mol. The van der Waals surface area contributed by atoms with Crippen LogP contribution in [0.3, 0.4) is 0 Å². The van der Waals surface area contributed by atoms with Crippen molar-refractivity contribution in [3.8, 4) is 0 Å². The molecule has 0 saturated carbocycles. The van der Waals surface area contributed by atoms with Crippen LogP contribution in [0.15, 0.2) is 0 Å². The third-order valence-electron chi connectivity index (χ3n) is 7.63. The van der Waals surface area contributed by atoms with Gasteiger partial charge in [-0.15, -0.1) is 13.1 Å². The molecule has 0 fully saturated rings. The van der Waals surface area contributed by atoms with E-state index in [0.717, 1.165) is 26.2 Å². The normalized spacial score (nSPS) is 14.8. The standard InChI is InChI=1S/C22H53N4Si3.U/c1-20(2,3)27(10,11)23-16-18-26(25-29(14,15)22(7,8)9)19-17-24-28(12,13)21(4,5)6;/h16-19H2,1-15H3;/q-3;. The van der Waals surface area contributed by atoms with E-state index in [1.54, 1.807) is 0 Å². The maximum absolute atomic E-state index is 5.33. The summed E-state index contributed by atoms with van der Waals surface area (Å²) in [4.78, 5) is 10.4. The first-order chi connectivity index (χ1) is 12.5. The topological polar surface area (TPSA) is 45.5 Å². The van der Waals surface area contributed by atoms with E-state index in [-0.39, 0.29) is 36.2 Å². The summed E-state index contributed by atoms with van der Waals surface area (Å²) in [5.41, 5.74) is 0. The Morgan fingerprint density at radius 2 is 0.800 bits per heavy atom. The van der Waals surface area contributed by atoms with Crippen molar-refractivity contribution in [3.05, 3.63) is 15.1 Å². The van der Waals surface area contributed by atoms with Gasteiger partial charge in [0.25, 0.3) is 0 Å². The Hall–Kier alpha value is 1.54. The van der Waals surface area contributed by atoms with Crippen LogP contribution in [0.1, 0.15) is 62.3 Å². The van der Waals surface area contributed by atoms with E-state index in [1.165, 1.54) is 0 Å². The van der Waals surface area contributed by atoms with Gasteiger partial charge in [0.15, 0.2) is 0 Å². The van der Waals surface area contributed by atoms with Crippen LogP contribution in [-0.4, -0.2) is 55.9 Å². The summed E-state index contributed by atoms with van der Waals surface area (Å²) in [5.74, 6) is 0. The molecule has 0 aromatic heterocycles. The largest absolute Gasteiger partial charge is 0.663 e. The van der Waals surface area contributed by atoms with Gasteiger partial charge < -0.3 is 20.1 Å².